The molecule has 0 radical (unpaired) electrons. The van der Waals surface area contributed by atoms with E-state index in [-0.39, 0.29) is 0 Å². The molecule has 5 heteroatoms. The molecule has 0 amide bonds. The highest BCUT2D eigenvalue weighted by molar-refractivity contribution is 5.09. The van der Waals surface area contributed by atoms with Crippen LogP contribution in [-0.4, -0.2) is 17.3 Å². The van der Waals surface area contributed by atoms with Gasteiger partial charge in [0.2, 0.25) is 11.7 Å². The van der Waals surface area contributed by atoms with Gasteiger partial charge in [-0.1, -0.05) is 12.1 Å². The maximum absolute atomic E-state index is 6.13. The normalized spacial score (nSPS) is 22.5. The second-order valence-corrected chi connectivity index (χ2v) is 4.72. The summed E-state index contributed by atoms with van der Waals surface area (Å²) >= 11 is 0. The van der Waals surface area contributed by atoms with Gasteiger partial charge in [-0.15, -0.1) is 0 Å². The van der Waals surface area contributed by atoms with Crippen molar-refractivity contribution < 1.29 is 9.26 Å². The molecule has 0 aliphatic heterocycles. The lowest BCUT2D eigenvalue weighted by Crippen LogP contribution is -2.43. The van der Waals surface area contributed by atoms with Gasteiger partial charge in [-0.2, -0.15) is 4.98 Å². The van der Waals surface area contributed by atoms with E-state index >= 15 is 0 Å². The summed E-state index contributed by atoms with van der Waals surface area (Å²) in [6, 6.07) is 0. The highest BCUT2D eigenvalue weighted by Gasteiger charge is 2.41. The molecule has 0 saturated heterocycles. The van der Waals surface area contributed by atoms with E-state index < -0.39 is 11.1 Å². The van der Waals surface area contributed by atoms with Crippen molar-refractivity contribution in [3.63, 3.8) is 0 Å². The van der Waals surface area contributed by atoms with Crippen LogP contribution in [0.1, 0.15) is 51.2 Å². The van der Waals surface area contributed by atoms with Crippen LogP contribution in [0.3, 0.4) is 0 Å². The van der Waals surface area contributed by atoms with E-state index in [0.717, 1.165) is 25.7 Å². The molecule has 1 aliphatic rings. The SMILES string of the molecule is CCC(C)(OC)c1noc(C2(N)CCC2)n1. The van der Waals surface area contributed by atoms with E-state index in [1.807, 2.05) is 13.8 Å². The Morgan fingerprint density at radius 3 is 2.69 bits per heavy atom. The van der Waals surface area contributed by atoms with Crippen molar-refractivity contribution in [3.05, 3.63) is 11.7 Å². The molecule has 1 saturated carbocycles. The number of rotatable bonds is 4. The molecule has 1 aliphatic carbocycles. The van der Waals surface area contributed by atoms with Crippen LogP contribution in [0.2, 0.25) is 0 Å². The van der Waals surface area contributed by atoms with Gasteiger partial charge >= 0.3 is 0 Å². The van der Waals surface area contributed by atoms with Crippen LogP contribution in [-0.2, 0) is 15.9 Å². The Kier molecular flexibility index (Phi) is 2.75. The Morgan fingerprint density at radius 2 is 2.25 bits per heavy atom. The van der Waals surface area contributed by atoms with Crippen molar-refractivity contribution in [1.29, 1.82) is 0 Å². The first-order chi connectivity index (χ1) is 7.54. The lowest BCUT2D eigenvalue weighted by molar-refractivity contribution is -0.0106. The maximum atomic E-state index is 6.13. The summed E-state index contributed by atoms with van der Waals surface area (Å²) < 4.78 is 10.7. The second-order valence-electron chi connectivity index (χ2n) is 4.72. The van der Waals surface area contributed by atoms with Gasteiger partial charge in [0.05, 0.1) is 5.54 Å². The summed E-state index contributed by atoms with van der Waals surface area (Å²) in [5.74, 6) is 1.13. The van der Waals surface area contributed by atoms with Gasteiger partial charge in [0.1, 0.15) is 5.60 Å². The third-order valence-corrected chi connectivity index (χ3v) is 3.70. The zero-order valence-electron chi connectivity index (χ0n) is 10.1. The van der Waals surface area contributed by atoms with Crippen molar-refractivity contribution in [2.45, 2.75) is 50.7 Å². The molecule has 0 spiro atoms. The van der Waals surface area contributed by atoms with E-state index in [2.05, 4.69) is 10.1 Å². The van der Waals surface area contributed by atoms with Crippen molar-refractivity contribution in [2.24, 2.45) is 5.73 Å². The molecule has 5 nitrogen and oxygen atoms in total. The Morgan fingerprint density at radius 1 is 1.56 bits per heavy atom. The van der Waals surface area contributed by atoms with Crippen molar-refractivity contribution in [3.8, 4) is 0 Å². The van der Waals surface area contributed by atoms with Gasteiger partial charge in [0.25, 0.3) is 0 Å². The molecule has 16 heavy (non-hydrogen) atoms. The van der Waals surface area contributed by atoms with Gasteiger partial charge in [0.15, 0.2) is 0 Å². The smallest absolute Gasteiger partial charge is 0.246 e. The number of hydrogen-bond donors (Lipinski definition) is 1. The third-order valence-electron chi connectivity index (χ3n) is 3.70. The minimum absolute atomic E-state index is 0.395. The lowest BCUT2D eigenvalue weighted by atomic mass is 9.77. The predicted molar refractivity (Wildman–Crippen MR) is 58.7 cm³/mol. The molecule has 90 valence electrons. The second kappa shape index (κ2) is 3.82. The summed E-state index contributed by atoms with van der Waals surface area (Å²) in [6.07, 6.45) is 3.76. The van der Waals surface area contributed by atoms with Crippen LogP contribution in [0.4, 0.5) is 0 Å². The molecule has 0 aromatic carbocycles. The van der Waals surface area contributed by atoms with E-state index in [0.29, 0.717) is 11.7 Å². The third kappa shape index (κ3) is 1.64. The number of nitrogens with two attached hydrogens (primary N) is 1. The average Bonchev–Trinajstić information content (AvgIpc) is 2.74. The Balaban J connectivity index is 2.25. The van der Waals surface area contributed by atoms with E-state index in [1.165, 1.54) is 0 Å². The molecule has 1 fully saturated rings. The van der Waals surface area contributed by atoms with Crippen molar-refractivity contribution in [2.75, 3.05) is 7.11 Å². The van der Waals surface area contributed by atoms with Crippen LogP contribution >= 0.6 is 0 Å². The van der Waals surface area contributed by atoms with E-state index in [1.54, 1.807) is 7.11 Å². The average molecular weight is 225 g/mol. The molecule has 1 aromatic heterocycles. The van der Waals surface area contributed by atoms with Crippen molar-refractivity contribution in [1.82, 2.24) is 10.1 Å². The Labute approximate surface area is 95.3 Å². The number of nitrogens with zero attached hydrogens (tertiary/aromatic N) is 2. The molecule has 0 bridgehead atoms. The zero-order chi connectivity index (χ0) is 11.8. The lowest BCUT2D eigenvalue weighted by Gasteiger charge is -2.33. The molecule has 1 atom stereocenters. The minimum Gasteiger partial charge on any atom is -0.370 e. The van der Waals surface area contributed by atoms with Crippen LogP contribution < -0.4 is 5.73 Å². The molecule has 2 N–H and O–H groups in total. The molecular weight excluding hydrogens is 206 g/mol. The first kappa shape index (κ1) is 11.5. The van der Waals surface area contributed by atoms with Gasteiger partial charge in [-0.3, -0.25) is 0 Å². The number of ether oxygens (including phenoxy) is 1. The number of methoxy groups -OCH3 is 1. The Hall–Kier alpha value is -0.940. The quantitative estimate of drug-likeness (QED) is 0.843. The fraction of sp³-hybridized carbons (Fsp3) is 0.818. The summed E-state index contributed by atoms with van der Waals surface area (Å²) in [5.41, 5.74) is 5.25. The molecule has 1 heterocycles. The first-order valence-electron chi connectivity index (χ1n) is 5.73. The summed E-state index contributed by atoms with van der Waals surface area (Å²) in [6.45, 7) is 3.98. The summed E-state index contributed by atoms with van der Waals surface area (Å²) in [7, 11) is 1.65. The fourth-order valence-electron chi connectivity index (χ4n) is 1.81. The number of aromatic nitrogens is 2. The molecule has 1 unspecified atom stereocenters. The predicted octanol–water partition coefficient (Wildman–Crippen LogP) is 1.68. The van der Waals surface area contributed by atoms with Gasteiger partial charge in [-0.05, 0) is 32.6 Å². The van der Waals surface area contributed by atoms with E-state index in [4.69, 9.17) is 15.0 Å². The first-order valence-corrected chi connectivity index (χ1v) is 5.73. The number of hydrogen-bond acceptors (Lipinski definition) is 5. The largest absolute Gasteiger partial charge is 0.370 e. The van der Waals surface area contributed by atoms with E-state index in [9.17, 15) is 0 Å². The molecular formula is C11H19N3O2. The van der Waals surface area contributed by atoms with Crippen LogP contribution in [0.15, 0.2) is 4.52 Å². The van der Waals surface area contributed by atoms with Gasteiger partial charge in [0, 0.05) is 7.11 Å². The van der Waals surface area contributed by atoms with Crippen LogP contribution in [0.25, 0.3) is 0 Å². The standard InChI is InChI=1S/C11H19N3O2/c1-4-10(2,15-3)8-13-9(16-14-8)11(12)6-5-7-11/h4-7,12H2,1-3H3. The monoisotopic (exact) mass is 225 g/mol. The van der Waals surface area contributed by atoms with Gasteiger partial charge in [-0.25, -0.2) is 0 Å². The van der Waals surface area contributed by atoms with Gasteiger partial charge < -0.3 is 15.0 Å². The minimum atomic E-state index is -0.484. The van der Waals surface area contributed by atoms with Crippen molar-refractivity contribution >= 4 is 0 Å². The molecule has 2 rings (SSSR count). The molecule has 1 aromatic rings. The topological polar surface area (TPSA) is 74.2 Å². The van der Waals surface area contributed by atoms with Crippen LogP contribution in [0, 0.1) is 0 Å². The Bertz CT molecular complexity index is 367. The highest BCUT2D eigenvalue weighted by Crippen LogP contribution is 2.38. The fourth-order valence-corrected chi connectivity index (χ4v) is 1.81. The summed E-state index contributed by atoms with van der Waals surface area (Å²) in [4.78, 5) is 4.39. The highest BCUT2D eigenvalue weighted by atomic mass is 16.5. The zero-order valence-corrected chi connectivity index (χ0v) is 10.1. The van der Waals surface area contributed by atoms with Crippen LogP contribution in [0.5, 0.6) is 0 Å². The summed E-state index contributed by atoms with van der Waals surface area (Å²) in [5, 5.41) is 3.99. The maximum Gasteiger partial charge on any atom is 0.246 e.